The molecule has 2 atom stereocenters. The molecule has 1 aromatic rings. The van der Waals surface area contributed by atoms with Crippen LogP contribution in [0.25, 0.3) is 0 Å². The molecule has 2 aliphatic rings. The molecule has 3 rings (SSSR count). The van der Waals surface area contributed by atoms with E-state index in [0.717, 1.165) is 29.3 Å². The van der Waals surface area contributed by atoms with Crippen molar-refractivity contribution in [2.24, 2.45) is 11.8 Å². The first-order chi connectivity index (χ1) is 7.83. The standard InChI is InChI=1S/C12H19N3S/c1-8-3-2-4-10(8)7-13-12-14-11(15-16-12)9-5-6-9/h8-10H,2-7H2,1H3,(H,13,14,15). The zero-order chi connectivity index (χ0) is 11.0. The highest BCUT2D eigenvalue weighted by molar-refractivity contribution is 7.09. The van der Waals surface area contributed by atoms with Crippen LogP contribution < -0.4 is 5.32 Å². The second kappa shape index (κ2) is 4.32. The van der Waals surface area contributed by atoms with Gasteiger partial charge in [-0.2, -0.15) is 4.37 Å². The predicted molar refractivity (Wildman–Crippen MR) is 66.9 cm³/mol. The number of hydrogen-bond donors (Lipinski definition) is 1. The Kier molecular flexibility index (Phi) is 2.84. The fraction of sp³-hybridized carbons (Fsp3) is 0.833. The number of aromatic nitrogens is 2. The Hall–Kier alpha value is -0.640. The molecule has 0 bridgehead atoms. The molecule has 2 fully saturated rings. The van der Waals surface area contributed by atoms with Gasteiger partial charge in [-0.05, 0) is 31.1 Å². The Morgan fingerprint density at radius 1 is 1.31 bits per heavy atom. The lowest BCUT2D eigenvalue weighted by molar-refractivity contribution is 0.439. The minimum absolute atomic E-state index is 0.678. The van der Waals surface area contributed by atoms with Gasteiger partial charge in [0, 0.05) is 24.0 Å². The summed E-state index contributed by atoms with van der Waals surface area (Å²) in [5.41, 5.74) is 0. The smallest absolute Gasteiger partial charge is 0.202 e. The first kappa shape index (κ1) is 10.5. The SMILES string of the molecule is CC1CCCC1CNc1nc(C2CC2)ns1. The summed E-state index contributed by atoms with van der Waals surface area (Å²) < 4.78 is 4.41. The van der Waals surface area contributed by atoms with Crippen molar-refractivity contribution in [3.63, 3.8) is 0 Å². The largest absolute Gasteiger partial charge is 0.360 e. The van der Waals surface area contributed by atoms with Crippen molar-refractivity contribution in [2.45, 2.75) is 44.9 Å². The first-order valence-corrected chi connectivity index (χ1v) is 7.18. The molecular formula is C12H19N3S. The van der Waals surface area contributed by atoms with E-state index in [1.54, 1.807) is 0 Å². The molecule has 16 heavy (non-hydrogen) atoms. The highest BCUT2D eigenvalue weighted by Crippen LogP contribution is 2.39. The second-order valence-corrected chi connectivity index (χ2v) is 6.03. The number of nitrogens with one attached hydrogen (secondary N) is 1. The summed E-state index contributed by atoms with van der Waals surface area (Å²) in [7, 11) is 0. The Bertz CT molecular complexity index is 359. The molecular weight excluding hydrogens is 218 g/mol. The van der Waals surface area contributed by atoms with E-state index in [2.05, 4.69) is 21.6 Å². The summed E-state index contributed by atoms with van der Waals surface area (Å²) >= 11 is 1.53. The van der Waals surface area contributed by atoms with Gasteiger partial charge < -0.3 is 5.32 Å². The molecule has 0 saturated heterocycles. The number of hydrogen-bond acceptors (Lipinski definition) is 4. The highest BCUT2D eigenvalue weighted by atomic mass is 32.1. The van der Waals surface area contributed by atoms with Crippen molar-refractivity contribution >= 4 is 16.7 Å². The Balaban J connectivity index is 1.53. The Labute approximate surface area is 101 Å². The predicted octanol–water partition coefficient (Wildman–Crippen LogP) is 3.26. The molecule has 2 saturated carbocycles. The zero-order valence-electron chi connectivity index (χ0n) is 9.78. The number of rotatable bonds is 4. The third-order valence-corrected chi connectivity index (χ3v) is 4.63. The van der Waals surface area contributed by atoms with Crippen LogP contribution in [-0.2, 0) is 0 Å². The van der Waals surface area contributed by atoms with Crippen LogP contribution in [0.15, 0.2) is 0 Å². The summed E-state index contributed by atoms with van der Waals surface area (Å²) in [4.78, 5) is 4.55. The van der Waals surface area contributed by atoms with E-state index in [-0.39, 0.29) is 0 Å². The molecule has 1 heterocycles. The molecule has 0 spiro atoms. The molecule has 2 unspecified atom stereocenters. The van der Waals surface area contributed by atoms with Crippen LogP contribution in [0.2, 0.25) is 0 Å². The van der Waals surface area contributed by atoms with Crippen LogP contribution in [0.3, 0.4) is 0 Å². The van der Waals surface area contributed by atoms with Crippen molar-refractivity contribution in [1.82, 2.24) is 9.36 Å². The lowest BCUT2D eigenvalue weighted by Crippen LogP contribution is -2.16. The van der Waals surface area contributed by atoms with Gasteiger partial charge in [0.15, 0.2) is 0 Å². The monoisotopic (exact) mass is 237 g/mol. The Morgan fingerprint density at radius 2 is 2.19 bits per heavy atom. The maximum absolute atomic E-state index is 4.55. The van der Waals surface area contributed by atoms with Gasteiger partial charge >= 0.3 is 0 Å². The quantitative estimate of drug-likeness (QED) is 0.873. The van der Waals surface area contributed by atoms with E-state index in [1.807, 2.05) is 0 Å². The minimum Gasteiger partial charge on any atom is -0.360 e. The molecule has 1 aromatic heterocycles. The van der Waals surface area contributed by atoms with Crippen LogP contribution in [0.5, 0.6) is 0 Å². The van der Waals surface area contributed by atoms with Gasteiger partial charge in [-0.25, -0.2) is 4.98 Å². The third kappa shape index (κ3) is 2.21. The average molecular weight is 237 g/mol. The van der Waals surface area contributed by atoms with Gasteiger partial charge in [0.1, 0.15) is 5.82 Å². The third-order valence-electron chi connectivity index (χ3n) is 3.94. The van der Waals surface area contributed by atoms with E-state index < -0.39 is 0 Å². The van der Waals surface area contributed by atoms with Gasteiger partial charge in [-0.15, -0.1) is 0 Å². The molecule has 2 aliphatic carbocycles. The van der Waals surface area contributed by atoms with Gasteiger partial charge in [0.05, 0.1) is 0 Å². The topological polar surface area (TPSA) is 37.8 Å². The molecule has 3 nitrogen and oxygen atoms in total. The first-order valence-electron chi connectivity index (χ1n) is 6.40. The lowest BCUT2D eigenvalue weighted by atomic mass is 9.98. The molecule has 0 aromatic carbocycles. The van der Waals surface area contributed by atoms with Crippen molar-refractivity contribution in [3.8, 4) is 0 Å². The molecule has 0 radical (unpaired) electrons. The van der Waals surface area contributed by atoms with E-state index in [9.17, 15) is 0 Å². The molecule has 88 valence electrons. The van der Waals surface area contributed by atoms with Crippen molar-refractivity contribution in [1.29, 1.82) is 0 Å². The summed E-state index contributed by atoms with van der Waals surface area (Å²) in [6, 6.07) is 0. The van der Waals surface area contributed by atoms with Crippen LogP contribution in [0.1, 0.15) is 50.8 Å². The Morgan fingerprint density at radius 3 is 2.88 bits per heavy atom. The second-order valence-electron chi connectivity index (χ2n) is 5.28. The van der Waals surface area contributed by atoms with Crippen molar-refractivity contribution in [2.75, 3.05) is 11.9 Å². The summed E-state index contributed by atoms with van der Waals surface area (Å²) in [5.74, 6) is 3.47. The fourth-order valence-corrected chi connectivity index (χ4v) is 3.21. The van der Waals surface area contributed by atoms with E-state index >= 15 is 0 Å². The fourth-order valence-electron chi connectivity index (χ4n) is 2.56. The minimum atomic E-state index is 0.678. The van der Waals surface area contributed by atoms with E-state index in [4.69, 9.17) is 0 Å². The summed E-state index contributed by atoms with van der Waals surface area (Å²) in [6.45, 7) is 3.45. The van der Waals surface area contributed by atoms with Crippen LogP contribution in [-0.4, -0.2) is 15.9 Å². The van der Waals surface area contributed by atoms with Crippen LogP contribution in [0, 0.1) is 11.8 Å². The van der Waals surface area contributed by atoms with Gasteiger partial charge in [0.2, 0.25) is 5.13 Å². The number of anilines is 1. The van der Waals surface area contributed by atoms with Gasteiger partial charge in [-0.3, -0.25) is 0 Å². The number of nitrogens with zero attached hydrogens (tertiary/aromatic N) is 2. The average Bonchev–Trinajstić information content (AvgIpc) is 2.89. The highest BCUT2D eigenvalue weighted by Gasteiger charge is 2.28. The molecule has 4 heteroatoms. The maximum Gasteiger partial charge on any atom is 0.202 e. The summed E-state index contributed by atoms with van der Waals surface area (Å²) in [5, 5.41) is 4.49. The summed E-state index contributed by atoms with van der Waals surface area (Å²) in [6.07, 6.45) is 6.75. The lowest BCUT2D eigenvalue weighted by Gasteiger charge is -2.14. The van der Waals surface area contributed by atoms with Gasteiger partial charge in [0.25, 0.3) is 0 Å². The molecule has 0 aliphatic heterocycles. The molecule has 1 N–H and O–H groups in total. The zero-order valence-corrected chi connectivity index (χ0v) is 10.6. The van der Waals surface area contributed by atoms with Crippen molar-refractivity contribution < 1.29 is 0 Å². The van der Waals surface area contributed by atoms with Crippen LogP contribution >= 0.6 is 11.5 Å². The van der Waals surface area contributed by atoms with Crippen LogP contribution in [0.4, 0.5) is 5.13 Å². The van der Waals surface area contributed by atoms with E-state index in [1.165, 1.54) is 43.6 Å². The van der Waals surface area contributed by atoms with Crippen molar-refractivity contribution in [3.05, 3.63) is 5.82 Å². The van der Waals surface area contributed by atoms with Gasteiger partial charge in [-0.1, -0.05) is 19.8 Å². The molecule has 0 amide bonds. The maximum atomic E-state index is 4.55. The van der Waals surface area contributed by atoms with E-state index in [0.29, 0.717) is 5.92 Å². The normalized spacial score (nSPS) is 29.6.